The van der Waals surface area contributed by atoms with E-state index >= 15 is 0 Å². The molecule has 0 aromatic heterocycles. The summed E-state index contributed by atoms with van der Waals surface area (Å²) in [5, 5.41) is 0. The van der Waals surface area contributed by atoms with E-state index in [4.69, 9.17) is 23.7 Å². The van der Waals surface area contributed by atoms with Crippen LogP contribution in [-0.4, -0.2) is 36.1 Å². The van der Waals surface area contributed by atoms with Crippen molar-refractivity contribution >= 4 is 0 Å². The highest BCUT2D eigenvalue weighted by Crippen LogP contribution is 2.63. The molecule has 5 heteroatoms. The number of epoxide rings is 1. The maximum atomic E-state index is 7.57. The average molecular weight is 601 g/mol. The lowest BCUT2D eigenvalue weighted by Crippen LogP contribution is -2.55. The van der Waals surface area contributed by atoms with Crippen LogP contribution in [0.4, 0.5) is 0 Å². The van der Waals surface area contributed by atoms with Crippen molar-refractivity contribution in [2.75, 3.05) is 13.2 Å². The van der Waals surface area contributed by atoms with Gasteiger partial charge in [0.25, 0.3) is 0 Å². The number of rotatable bonds is 9. The summed E-state index contributed by atoms with van der Waals surface area (Å²) in [6, 6.07) is 4.40. The summed E-state index contributed by atoms with van der Waals surface area (Å²) >= 11 is 0. The summed E-state index contributed by atoms with van der Waals surface area (Å²) in [7, 11) is 0. The smallest absolute Gasteiger partial charge is 0.204 e. The summed E-state index contributed by atoms with van der Waals surface area (Å²) < 4.78 is 34.5. The first-order valence-corrected chi connectivity index (χ1v) is 18.9. The van der Waals surface area contributed by atoms with E-state index in [1.54, 1.807) is 0 Å². The van der Waals surface area contributed by atoms with E-state index in [9.17, 15) is 0 Å². The molecule has 5 nitrogen and oxygen atoms in total. The molecule has 12 bridgehead atoms. The molecule has 1 heterocycles. The summed E-state index contributed by atoms with van der Waals surface area (Å²) in [6.07, 6.45) is 23.9. The Hall–Kier alpha value is -1.62. The minimum absolute atomic E-state index is 0.0511. The quantitative estimate of drug-likeness (QED) is 0.266. The van der Waals surface area contributed by atoms with E-state index in [2.05, 4.69) is 12.1 Å². The number of hydrogen-bond acceptors (Lipinski definition) is 5. The molecule has 1 aromatic rings. The lowest BCUT2D eigenvalue weighted by atomic mass is 9.54. The number of benzene rings is 1. The summed E-state index contributed by atoms with van der Waals surface area (Å²) in [4.78, 5) is 0. The molecule has 13 aliphatic rings. The largest absolute Gasteiger partial charge is 0.491 e. The van der Waals surface area contributed by atoms with Gasteiger partial charge in [-0.15, -0.1) is 0 Å². The van der Waals surface area contributed by atoms with Gasteiger partial charge in [0, 0.05) is 12.1 Å². The minimum atomic E-state index is -0.0574. The first kappa shape index (κ1) is 26.4. The molecule has 13 fully saturated rings. The van der Waals surface area contributed by atoms with Crippen LogP contribution in [-0.2, 0) is 4.74 Å². The van der Waals surface area contributed by atoms with Crippen molar-refractivity contribution in [2.24, 2.45) is 53.3 Å². The maximum Gasteiger partial charge on any atom is 0.204 e. The maximum absolute atomic E-state index is 7.57. The average Bonchev–Trinajstić information content (AvgIpc) is 3.76. The molecule has 0 N–H and O–H groups in total. The van der Waals surface area contributed by atoms with Crippen LogP contribution in [0.5, 0.6) is 23.0 Å². The predicted octanol–water partition coefficient (Wildman–Crippen LogP) is 8.51. The van der Waals surface area contributed by atoms with Crippen LogP contribution < -0.4 is 18.9 Å². The molecular formula is C39H52O5. The lowest BCUT2D eigenvalue weighted by molar-refractivity contribution is -0.127. The van der Waals surface area contributed by atoms with E-state index < -0.39 is 0 Å². The predicted molar refractivity (Wildman–Crippen MR) is 166 cm³/mol. The van der Waals surface area contributed by atoms with Crippen molar-refractivity contribution in [3.63, 3.8) is 0 Å². The Morgan fingerprint density at radius 3 is 1.14 bits per heavy atom. The van der Waals surface area contributed by atoms with Crippen molar-refractivity contribution in [1.82, 2.24) is 0 Å². The van der Waals surface area contributed by atoms with Crippen LogP contribution in [0.15, 0.2) is 12.1 Å². The highest BCUT2D eigenvalue weighted by molar-refractivity contribution is 5.57. The molecule has 1 unspecified atom stereocenters. The summed E-state index contributed by atoms with van der Waals surface area (Å²) in [6.45, 7) is 1.41. The molecule has 1 saturated heterocycles. The Morgan fingerprint density at radius 2 is 0.818 bits per heavy atom. The van der Waals surface area contributed by atoms with E-state index in [0.29, 0.717) is 6.61 Å². The van der Waals surface area contributed by atoms with Crippen LogP contribution in [0.2, 0.25) is 0 Å². The van der Waals surface area contributed by atoms with Gasteiger partial charge in [-0.25, -0.2) is 0 Å². The van der Waals surface area contributed by atoms with Crippen LogP contribution in [0.1, 0.15) is 116 Å². The molecule has 1 aromatic carbocycles. The third-order valence-electron chi connectivity index (χ3n) is 14.8. The van der Waals surface area contributed by atoms with Gasteiger partial charge < -0.3 is 23.7 Å². The van der Waals surface area contributed by atoms with Crippen molar-refractivity contribution in [3.05, 3.63) is 12.1 Å². The van der Waals surface area contributed by atoms with Gasteiger partial charge in [0.05, 0.1) is 6.61 Å². The fourth-order valence-electron chi connectivity index (χ4n) is 14.4. The molecule has 0 amide bonds. The molecule has 12 saturated carbocycles. The van der Waals surface area contributed by atoms with Gasteiger partial charge in [0.15, 0.2) is 11.5 Å². The molecule has 0 radical (unpaired) electrons. The molecule has 14 rings (SSSR count). The lowest BCUT2D eigenvalue weighted by Gasteiger charge is -2.58. The van der Waals surface area contributed by atoms with Gasteiger partial charge in [-0.3, -0.25) is 0 Å². The Kier molecular flexibility index (Phi) is 5.56. The Balaban J connectivity index is 1.01. The van der Waals surface area contributed by atoms with Crippen LogP contribution >= 0.6 is 0 Å². The Labute approximate surface area is 263 Å². The standard InChI is InChI=1S/C39H52O5/c1-23-2-25-3-24(1)13-37(12-23,14-25)42-34-10-32(40-21-33-22-41-33)11-35(43-38-15-26-4-27(16-38)6-28(5-26)17-38)36(34)44-39-18-29-7-30(19-39)9-31(8-29)20-39/h10-11,23-31,33H,1-9,12-22H2. The van der Waals surface area contributed by atoms with Gasteiger partial charge in [0.2, 0.25) is 5.75 Å². The number of ether oxygens (including phenoxy) is 5. The number of hydrogen-bond donors (Lipinski definition) is 0. The molecule has 12 aliphatic carbocycles. The van der Waals surface area contributed by atoms with Crippen LogP contribution in [0, 0.1) is 53.3 Å². The molecule has 1 aliphatic heterocycles. The summed E-state index contributed by atoms with van der Waals surface area (Å²) in [5.41, 5.74) is -0.160. The molecular weight excluding hydrogens is 548 g/mol. The van der Waals surface area contributed by atoms with Gasteiger partial charge >= 0.3 is 0 Å². The Bertz CT molecular complexity index is 1150. The zero-order valence-electron chi connectivity index (χ0n) is 26.6. The van der Waals surface area contributed by atoms with Gasteiger partial charge in [0.1, 0.15) is 35.3 Å². The van der Waals surface area contributed by atoms with Crippen LogP contribution in [0.25, 0.3) is 0 Å². The third-order valence-corrected chi connectivity index (χ3v) is 14.8. The van der Waals surface area contributed by atoms with Crippen molar-refractivity contribution < 1.29 is 23.7 Å². The second-order valence-electron chi connectivity index (χ2n) is 18.6. The third kappa shape index (κ3) is 4.47. The second-order valence-corrected chi connectivity index (χ2v) is 18.6. The van der Waals surface area contributed by atoms with Gasteiger partial charge in [-0.05, 0) is 169 Å². The topological polar surface area (TPSA) is 49.5 Å². The highest BCUT2D eigenvalue weighted by atomic mass is 16.6. The zero-order chi connectivity index (χ0) is 28.7. The van der Waals surface area contributed by atoms with Crippen LogP contribution in [0.3, 0.4) is 0 Å². The van der Waals surface area contributed by atoms with E-state index in [1.165, 1.54) is 116 Å². The Morgan fingerprint density at radius 1 is 0.500 bits per heavy atom. The fraction of sp³-hybridized carbons (Fsp3) is 0.846. The SMILES string of the molecule is c1c(OCC2CO2)cc(OC23CC4CC(CC(C4)C2)C3)c(OC23CC4CC(CC(C4)C2)C3)c1OC12CC3CC(CC(C3)C1)C2. The zero-order valence-corrected chi connectivity index (χ0v) is 26.6. The first-order chi connectivity index (χ1) is 21.4. The van der Waals surface area contributed by atoms with Gasteiger partial charge in [-0.1, -0.05) is 0 Å². The molecule has 1 atom stereocenters. The van der Waals surface area contributed by atoms with E-state index in [0.717, 1.165) is 82.9 Å². The van der Waals surface area contributed by atoms with Crippen molar-refractivity contribution in [2.45, 2.75) is 138 Å². The van der Waals surface area contributed by atoms with Crippen molar-refractivity contribution in [1.29, 1.82) is 0 Å². The van der Waals surface area contributed by atoms with Crippen molar-refractivity contribution in [3.8, 4) is 23.0 Å². The first-order valence-electron chi connectivity index (χ1n) is 18.9. The molecule has 238 valence electrons. The minimum Gasteiger partial charge on any atom is -0.491 e. The van der Waals surface area contributed by atoms with E-state index in [-0.39, 0.29) is 22.9 Å². The van der Waals surface area contributed by atoms with E-state index in [1.807, 2.05) is 0 Å². The van der Waals surface area contributed by atoms with Gasteiger partial charge in [-0.2, -0.15) is 0 Å². The summed E-state index contributed by atoms with van der Waals surface area (Å²) in [5.74, 6) is 11.2. The second kappa shape index (κ2) is 9.26. The highest BCUT2D eigenvalue weighted by Gasteiger charge is 2.56. The molecule has 44 heavy (non-hydrogen) atoms. The molecule has 0 spiro atoms. The monoisotopic (exact) mass is 600 g/mol. The fourth-order valence-corrected chi connectivity index (χ4v) is 14.4. The normalized spacial score (nSPS) is 51.5.